The van der Waals surface area contributed by atoms with Gasteiger partial charge in [0.05, 0.1) is 6.42 Å². The molecule has 0 saturated heterocycles. The van der Waals surface area contributed by atoms with Crippen molar-refractivity contribution in [1.29, 1.82) is 0 Å². The number of aliphatic hydroxyl groups is 1. The number of Topliss-reactive ketones (excluding diaryl/α,β-unsaturated/α-hetero) is 2. The first kappa shape index (κ1) is 24.9. The summed E-state index contributed by atoms with van der Waals surface area (Å²) in [4.78, 5) is 44.1. The van der Waals surface area contributed by atoms with E-state index in [-0.39, 0.29) is 50.5 Å². The fraction of sp³-hybridized carbons (Fsp3) is 0.308. The van der Waals surface area contributed by atoms with Crippen LogP contribution in [0.4, 0.5) is 0 Å². The number of ether oxygens (including phenoxy) is 2. The smallest absolute Gasteiger partial charge is 0.348 e. The normalized spacial score (nSPS) is 9.90. The maximum atomic E-state index is 11.4. The van der Waals surface area contributed by atoms with Crippen molar-refractivity contribution in [3.05, 3.63) is 33.3 Å². The second-order valence-corrected chi connectivity index (χ2v) is 3.49. The molecule has 0 heterocycles. The molecule has 0 aliphatic rings. The Labute approximate surface area is 148 Å². The van der Waals surface area contributed by atoms with Crippen molar-refractivity contribution < 1.29 is 66.5 Å². The van der Waals surface area contributed by atoms with Gasteiger partial charge >= 0.3 is 11.9 Å². The Balaban J connectivity index is -0.00000103. The minimum absolute atomic E-state index is 0. The first-order valence-electron chi connectivity index (χ1n) is 5.23. The minimum atomic E-state index is -1.47. The molecular formula is C13H16O7Y-2. The summed E-state index contributed by atoms with van der Waals surface area (Å²) in [5, 5.41) is 6.75. The second-order valence-electron chi connectivity index (χ2n) is 3.49. The SMILES string of the molecule is [CH2-]O.[CH]OC(=O)C(CC([CH2-])=O)OC(=O)CC(=C)C(C)=O.[Y]. The average Bonchev–Trinajstić information content (AvgIpc) is 2.38. The Morgan fingerprint density at radius 1 is 1.29 bits per heavy atom. The van der Waals surface area contributed by atoms with Gasteiger partial charge in [0.15, 0.2) is 12.9 Å². The second kappa shape index (κ2) is 13.9. The molecule has 1 atom stereocenters. The quantitative estimate of drug-likeness (QED) is 0.395. The van der Waals surface area contributed by atoms with Crippen LogP contribution in [0, 0.1) is 21.1 Å². The van der Waals surface area contributed by atoms with E-state index in [1.807, 2.05) is 0 Å². The maximum Gasteiger partial charge on any atom is 0.348 e. The van der Waals surface area contributed by atoms with Crippen molar-refractivity contribution in [2.45, 2.75) is 25.9 Å². The summed E-state index contributed by atoms with van der Waals surface area (Å²) in [5.41, 5.74) is 0.0285. The van der Waals surface area contributed by atoms with Crippen LogP contribution in [0.2, 0.25) is 0 Å². The Hall–Kier alpha value is -1.05. The number of ketones is 2. The van der Waals surface area contributed by atoms with Gasteiger partial charge in [-0.1, -0.05) is 6.58 Å². The molecule has 0 fully saturated rings. The number of esters is 2. The van der Waals surface area contributed by atoms with E-state index in [2.05, 4.69) is 37.2 Å². The number of hydrogen-bond acceptors (Lipinski definition) is 7. The van der Waals surface area contributed by atoms with Crippen molar-refractivity contribution in [3.8, 4) is 0 Å². The molecule has 3 radical (unpaired) electrons. The molecule has 0 aromatic rings. The number of carbonyl (C=O) groups excluding carboxylic acids is 4. The third-order valence-electron chi connectivity index (χ3n) is 1.92. The van der Waals surface area contributed by atoms with E-state index in [1.54, 1.807) is 0 Å². The maximum absolute atomic E-state index is 11.4. The molecular weight excluding hydrogens is 357 g/mol. The number of rotatable bonds is 7. The van der Waals surface area contributed by atoms with Crippen molar-refractivity contribution in [1.82, 2.24) is 0 Å². The fourth-order valence-electron chi connectivity index (χ4n) is 0.955. The van der Waals surface area contributed by atoms with Gasteiger partial charge in [0, 0.05) is 44.9 Å². The van der Waals surface area contributed by atoms with E-state index in [0.717, 1.165) is 0 Å². The van der Waals surface area contributed by atoms with E-state index >= 15 is 0 Å². The first-order chi connectivity index (χ1) is 9.27. The van der Waals surface area contributed by atoms with Crippen LogP contribution in [0.3, 0.4) is 0 Å². The summed E-state index contributed by atoms with van der Waals surface area (Å²) in [7, 11) is 6.88. The van der Waals surface area contributed by atoms with Crippen LogP contribution < -0.4 is 0 Å². The van der Waals surface area contributed by atoms with Crippen molar-refractivity contribution in [3.63, 3.8) is 0 Å². The van der Waals surface area contributed by atoms with E-state index in [1.165, 1.54) is 6.92 Å². The first-order valence-corrected chi connectivity index (χ1v) is 5.23. The van der Waals surface area contributed by atoms with Gasteiger partial charge in [-0.15, -0.1) is 0 Å². The van der Waals surface area contributed by atoms with E-state index in [9.17, 15) is 19.2 Å². The Morgan fingerprint density at radius 2 is 1.76 bits per heavy atom. The monoisotopic (exact) mass is 373 g/mol. The summed E-state index contributed by atoms with van der Waals surface area (Å²) in [6.45, 7) is 7.63. The zero-order chi connectivity index (χ0) is 16.3. The van der Waals surface area contributed by atoms with E-state index in [0.29, 0.717) is 0 Å². The van der Waals surface area contributed by atoms with Gasteiger partial charge in [-0.05, 0) is 12.5 Å². The molecule has 0 aliphatic carbocycles. The fourth-order valence-corrected chi connectivity index (χ4v) is 0.955. The third-order valence-corrected chi connectivity index (χ3v) is 1.92. The summed E-state index contributed by atoms with van der Waals surface area (Å²) in [6, 6.07) is 0. The number of hydrogen-bond donors (Lipinski definition) is 1. The molecule has 21 heavy (non-hydrogen) atoms. The van der Waals surface area contributed by atoms with Crippen molar-refractivity contribution >= 4 is 23.5 Å². The van der Waals surface area contributed by atoms with Crippen LogP contribution in [0.1, 0.15) is 19.8 Å². The molecule has 115 valence electrons. The van der Waals surface area contributed by atoms with E-state index < -0.39 is 30.2 Å². The molecule has 7 nitrogen and oxygen atoms in total. The average molecular weight is 373 g/mol. The van der Waals surface area contributed by atoms with Gasteiger partial charge < -0.3 is 26.3 Å². The van der Waals surface area contributed by atoms with Crippen LogP contribution in [-0.4, -0.2) is 34.7 Å². The van der Waals surface area contributed by atoms with Gasteiger partial charge in [-0.2, -0.15) is 0 Å². The van der Waals surface area contributed by atoms with Gasteiger partial charge in [0.1, 0.15) is 0 Å². The molecule has 0 rings (SSSR count). The molecule has 0 saturated carbocycles. The molecule has 0 aromatic carbocycles. The number of carbonyl (C=O) groups is 4. The van der Waals surface area contributed by atoms with Crippen LogP contribution in [-0.2, 0) is 61.4 Å². The minimum Gasteiger partial charge on any atom is -0.569 e. The predicted molar refractivity (Wildman–Crippen MR) is 67.0 cm³/mol. The van der Waals surface area contributed by atoms with Crippen molar-refractivity contribution in [2.75, 3.05) is 0 Å². The zero-order valence-electron chi connectivity index (χ0n) is 11.7. The largest absolute Gasteiger partial charge is 0.569 e. The summed E-state index contributed by atoms with van der Waals surface area (Å²) >= 11 is 0. The molecule has 0 amide bonds. The van der Waals surface area contributed by atoms with Crippen LogP contribution in [0.5, 0.6) is 0 Å². The van der Waals surface area contributed by atoms with Crippen LogP contribution >= 0.6 is 0 Å². The van der Waals surface area contributed by atoms with Crippen LogP contribution in [0.25, 0.3) is 0 Å². The standard InChI is InChI=1S/C12H13O6.CH3O.Y/c1-7(9(3)14)5-11(15)18-10(6-8(2)13)12(16)17-4;1-2;/h4,10H,1-2,5-6H2,3H3;2H,1H2;/q2*-1;. The third kappa shape index (κ3) is 12.4. The summed E-state index contributed by atoms with van der Waals surface area (Å²) < 4.78 is 8.55. The zero-order valence-corrected chi connectivity index (χ0v) is 14.5. The van der Waals surface area contributed by atoms with Crippen molar-refractivity contribution in [2.24, 2.45) is 0 Å². The van der Waals surface area contributed by atoms with Gasteiger partial charge in [0.2, 0.25) is 6.10 Å². The van der Waals surface area contributed by atoms with Gasteiger partial charge in [0.25, 0.3) is 0 Å². The Morgan fingerprint density at radius 3 is 2.10 bits per heavy atom. The van der Waals surface area contributed by atoms with Crippen LogP contribution in [0.15, 0.2) is 12.2 Å². The molecule has 0 spiro atoms. The number of aliphatic hydroxyl groups excluding tert-OH is 1. The molecule has 1 N–H and O–H groups in total. The summed E-state index contributed by atoms with van der Waals surface area (Å²) in [6.07, 6.45) is -2.30. The van der Waals surface area contributed by atoms with Gasteiger partial charge in [-0.25, -0.2) is 11.9 Å². The Kier molecular flexibility index (Phi) is 16.5. The molecule has 1 unspecified atom stereocenters. The molecule has 8 heteroatoms. The predicted octanol–water partition coefficient (Wildman–Crippen LogP) is 0.587. The van der Waals surface area contributed by atoms with E-state index in [4.69, 9.17) is 5.11 Å². The van der Waals surface area contributed by atoms with Gasteiger partial charge in [-0.3, -0.25) is 9.59 Å². The summed E-state index contributed by atoms with van der Waals surface area (Å²) in [5.74, 6) is -2.96. The topological polar surface area (TPSA) is 107 Å². The molecule has 0 aliphatic heterocycles. The molecule has 0 aromatic heterocycles. The Bertz CT molecular complexity index is 390. The molecule has 0 bridgehead atoms.